The largest absolute Gasteiger partial charge is 0.508 e. The van der Waals surface area contributed by atoms with Crippen molar-refractivity contribution >= 4 is 12.0 Å². The number of hydrogen-bond acceptors (Lipinski definition) is 4. The number of phenolic OH excluding ortho intramolecular Hbond substituents is 2. The lowest BCUT2D eigenvalue weighted by Gasteiger charge is -2.18. The summed E-state index contributed by atoms with van der Waals surface area (Å²) in [7, 11) is 0. The first-order chi connectivity index (χ1) is 14.9. The minimum atomic E-state index is -1.06. The Morgan fingerprint density at radius 1 is 0.969 bits per heavy atom. The number of hydrogen-bond donors (Lipinski definition) is 4. The van der Waals surface area contributed by atoms with E-state index in [1.807, 2.05) is 26.8 Å². The minimum absolute atomic E-state index is 0.0534. The molecule has 5 nitrogen and oxygen atoms in total. The van der Waals surface area contributed by atoms with Gasteiger partial charge in [-0.05, 0) is 90.8 Å². The van der Waals surface area contributed by atoms with Crippen molar-refractivity contribution in [1.82, 2.24) is 0 Å². The van der Waals surface area contributed by atoms with Gasteiger partial charge in [0.15, 0.2) is 0 Å². The average Bonchev–Trinajstić information content (AvgIpc) is 2.68. The molecular weight excluding hydrogens is 404 g/mol. The van der Waals surface area contributed by atoms with Crippen molar-refractivity contribution < 1.29 is 25.2 Å². The highest BCUT2D eigenvalue weighted by Gasteiger charge is 2.15. The van der Waals surface area contributed by atoms with Crippen LogP contribution in [0.2, 0.25) is 0 Å². The molecule has 0 amide bonds. The quantitative estimate of drug-likeness (QED) is 0.170. The molecule has 0 saturated heterocycles. The van der Waals surface area contributed by atoms with Crippen molar-refractivity contribution in [1.29, 1.82) is 0 Å². The molecule has 5 heteroatoms. The maximum Gasteiger partial charge on any atom is 0.331 e. The Morgan fingerprint density at radius 3 is 2.25 bits per heavy atom. The third kappa shape index (κ3) is 10.5. The Bertz CT molecular complexity index is 897. The van der Waals surface area contributed by atoms with Crippen molar-refractivity contribution in [3.63, 3.8) is 0 Å². The van der Waals surface area contributed by atoms with Crippen LogP contribution in [0.1, 0.15) is 77.3 Å². The van der Waals surface area contributed by atoms with E-state index in [0.29, 0.717) is 42.4 Å². The molecule has 1 rings (SSSR count). The third-order valence-electron chi connectivity index (χ3n) is 5.28. The van der Waals surface area contributed by atoms with Crippen molar-refractivity contribution in [3.05, 3.63) is 64.3 Å². The van der Waals surface area contributed by atoms with Gasteiger partial charge in [-0.2, -0.15) is 0 Å². The van der Waals surface area contributed by atoms with Gasteiger partial charge in [0, 0.05) is 11.1 Å². The van der Waals surface area contributed by atoms with Gasteiger partial charge in [-0.15, -0.1) is 0 Å². The fourth-order valence-electron chi connectivity index (χ4n) is 3.18. The second kappa shape index (κ2) is 12.9. The predicted molar refractivity (Wildman–Crippen MR) is 131 cm³/mol. The van der Waals surface area contributed by atoms with E-state index in [0.717, 1.165) is 18.4 Å². The van der Waals surface area contributed by atoms with E-state index >= 15 is 0 Å². The first kappa shape index (κ1) is 27.2. The molecule has 176 valence electrons. The molecular formula is C27H38O5. The summed E-state index contributed by atoms with van der Waals surface area (Å²) in [6.45, 7) is 9.42. The van der Waals surface area contributed by atoms with Gasteiger partial charge in [0.2, 0.25) is 0 Å². The van der Waals surface area contributed by atoms with Crippen LogP contribution in [0.15, 0.2) is 53.2 Å². The fraction of sp³-hybridized carbons (Fsp3) is 0.444. The van der Waals surface area contributed by atoms with Gasteiger partial charge in [-0.3, -0.25) is 0 Å². The number of rotatable bonds is 12. The Hall–Kier alpha value is -2.79. The average molecular weight is 443 g/mol. The first-order valence-corrected chi connectivity index (χ1v) is 11.1. The molecule has 0 aliphatic rings. The minimum Gasteiger partial charge on any atom is -0.508 e. The first-order valence-electron chi connectivity index (χ1n) is 11.1. The smallest absolute Gasteiger partial charge is 0.331 e. The standard InChI is InChI=1S/C27H38O5/c1-19(2)9-6-12-22(26(30)31)13-7-10-20(3)11-8-15-27(5,32)16-14-23-18-24(28)21(4)17-25(23)29/h9,11,13-14,16-18,28-29,32H,6-8,10,12,15H2,1-5H3,(H,30,31)/b16-14-,20-11+,22-13+. The van der Waals surface area contributed by atoms with E-state index in [1.54, 1.807) is 32.1 Å². The maximum absolute atomic E-state index is 11.4. The van der Waals surface area contributed by atoms with E-state index < -0.39 is 11.6 Å². The molecule has 0 fully saturated rings. The van der Waals surface area contributed by atoms with Gasteiger partial charge in [-0.1, -0.05) is 41.5 Å². The number of aromatic hydroxyl groups is 2. The van der Waals surface area contributed by atoms with Gasteiger partial charge >= 0.3 is 5.97 Å². The highest BCUT2D eigenvalue weighted by Crippen LogP contribution is 2.28. The highest BCUT2D eigenvalue weighted by molar-refractivity contribution is 5.86. The van der Waals surface area contributed by atoms with E-state index in [4.69, 9.17) is 0 Å². The van der Waals surface area contributed by atoms with Crippen molar-refractivity contribution in [2.24, 2.45) is 0 Å². The molecule has 0 radical (unpaired) electrons. The highest BCUT2D eigenvalue weighted by atomic mass is 16.4. The zero-order valence-electron chi connectivity index (χ0n) is 20.0. The van der Waals surface area contributed by atoms with Crippen molar-refractivity contribution in [3.8, 4) is 11.5 Å². The number of benzene rings is 1. The Labute approximate surface area is 192 Å². The molecule has 1 aromatic rings. The normalized spacial score (nSPS) is 14.4. The van der Waals surface area contributed by atoms with Gasteiger partial charge in [-0.25, -0.2) is 4.79 Å². The molecule has 1 aromatic carbocycles. The van der Waals surface area contributed by atoms with Crippen LogP contribution in [0.3, 0.4) is 0 Å². The molecule has 0 spiro atoms. The van der Waals surface area contributed by atoms with Crippen LogP contribution in [-0.4, -0.2) is 32.0 Å². The summed E-state index contributed by atoms with van der Waals surface area (Å²) in [5.41, 5.74) is 2.76. The van der Waals surface area contributed by atoms with Gasteiger partial charge in [0.05, 0.1) is 5.60 Å². The third-order valence-corrected chi connectivity index (χ3v) is 5.28. The fourth-order valence-corrected chi connectivity index (χ4v) is 3.18. The number of phenols is 2. The molecule has 0 bridgehead atoms. The molecule has 0 aliphatic heterocycles. The van der Waals surface area contributed by atoms with Crippen LogP contribution < -0.4 is 0 Å². The number of allylic oxidation sites excluding steroid dienone is 5. The number of carbonyl (C=O) groups is 1. The number of carboxylic acids is 1. The lowest BCUT2D eigenvalue weighted by atomic mass is 9.96. The summed E-state index contributed by atoms with van der Waals surface area (Å²) in [5, 5.41) is 39.7. The topological polar surface area (TPSA) is 98.0 Å². The zero-order valence-corrected chi connectivity index (χ0v) is 20.0. The van der Waals surface area contributed by atoms with Gasteiger partial charge < -0.3 is 20.4 Å². The molecule has 1 unspecified atom stereocenters. The second-order valence-corrected chi connectivity index (χ2v) is 8.87. The number of aryl methyl sites for hydroxylation is 1. The van der Waals surface area contributed by atoms with Gasteiger partial charge in [0.25, 0.3) is 0 Å². The van der Waals surface area contributed by atoms with Crippen molar-refractivity contribution in [2.75, 3.05) is 0 Å². The van der Waals surface area contributed by atoms with Gasteiger partial charge in [0.1, 0.15) is 11.5 Å². The molecule has 0 saturated carbocycles. The predicted octanol–water partition coefficient (Wildman–Crippen LogP) is 6.43. The molecule has 0 heterocycles. The van der Waals surface area contributed by atoms with E-state index in [-0.39, 0.29) is 11.5 Å². The number of aliphatic hydroxyl groups is 1. The number of aliphatic carboxylic acids is 1. The lowest BCUT2D eigenvalue weighted by molar-refractivity contribution is -0.132. The zero-order chi connectivity index (χ0) is 24.3. The van der Waals surface area contributed by atoms with E-state index in [1.165, 1.54) is 17.7 Å². The SMILES string of the molecule is CC(C)=CCC/C(=C\CC/C(C)=C/CCC(C)(O)/C=C\c1cc(O)c(C)cc1O)C(=O)O. The number of carboxylic acid groups (broad SMARTS) is 1. The summed E-state index contributed by atoms with van der Waals surface area (Å²) < 4.78 is 0. The second-order valence-electron chi connectivity index (χ2n) is 8.87. The Balaban J connectivity index is 2.58. The summed E-state index contributed by atoms with van der Waals surface area (Å²) in [4.78, 5) is 11.4. The van der Waals surface area contributed by atoms with E-state index in [2.05, 4.69) is 6.08 Å². The van der Waals surface area contributed by atoms with Crippen LogP contribution in [0.25, 0.3) is 6.08 Å². The summed E-state index contributed by atoms with van der Waals surface area (Å²) in [5.74, 6) is -0.708. The maximum atomic E-state index is 11.4. The van der Waals surface area contributed by atoms with Crippen LogP contribution in [0.5, 0.6) is 11.5 Å². The molecule has 0 aliphatic carbocycles. The molecule has 0 aromatic heterocycles. The molecule has 32 heavy (non-hydrogen) atoms. The monoisotopic (exact) mass is 442 g/mol. The summed E-state index contributed by atoms with van der Waals surface area (Å²) in [6, 6.07) is 2.96. The Kier molecular flexibility index (Phi) is 11.0. The van der Waals surface area contributed by atoms with Crippen molar-refractivity contribution in [2.45, 2.75) is 78.7 Å². The van der Waals surface area contributed by atoms with Crippen LogP contribution in [-0.2, 0) is 4.79 Å². The summed E-state index contributed by atoms with van der Waals surface area (Å²) in [6.07, 6.45) is 13.0. The van der Waals surface area contributed by atoms with Crippen LogP contribution in [0.4, 0.5) is 0 Å². The Morgan fingerprint density at radius 2 is 1.62 bits per heavy atom. The molecule has 1 atom stereocenters. The lowest BCUT2D eigenvalue weighted by Crippen LogP contribution is -2.19. The molecule has 4 N–H and O–H groups in total. The summed E-state index contributed by atoms with van der Waals surface area (Å²) >= 11 is 0. The van der Waals surface area contributed by atoms with E-state index in [9.17, 15) is 25.2 Å². The van der Waals surface area contributed by atoms with Crippen LogP contribution in [0, 0.1) is 6.92 Å². The van der Waals surface area contributed by atoms with Crippen LogP contribution >= 0.6 is 0 Å².